The molecule has 0 aromatic carbocycles. The Labute approximate surface area is 124 Å². The molecule has 1 atom stereocenters. The average Bonchev–Trinajstić information content (AvgIpc) is 2.45. The second kappa shape index (κ2) is 6.26. The molecule has 1 aromatic heterocycles. The van der Waals surface area contributed by atoms with E-state index in [0.717, 1.165) is 6.54 Å². The minimum Gasteiger partial charge on any atom is -0.481 e. The molecule has 0 spiro atoms. The van der Waals surface area contributed by atoms with Crippen LogP contribution in [0.3, 0.4) is 0 Å². The third-order valence-electron chi connectivity index (χ3n) is 3.01. The number of nitrogens with zero attached hydrogens (tertiary/aromatic N) is 3. The fourth-order valence-electron chi connectivity index (χ4n) is 2.11. The molecule has 1 saturated heterocycles. The van der Waals surface area contributed by atoms with Crippen molar-refractivity contribution in [3.8, 4) is 5.88 Å². The summed E-state index contributed by atoms with van der Waals surface area (Å²) >= 11 is 0. The molecule has 0 aliphatic carbocycles. The average molecular weight is 294 g/mol. The zero-order valence-electron chi connectivity index (χ0n) is 12.9. The van der Waals surface area contributed by atoms with E-state index in [1.54, 1.807) is 19.4 Å². The number of anilines is 1. The van der Waals surface area contributed by atoms with Crippen molar-refractivity contribution in [2.24, 2.45) is 0 Å². The maximum Gasteiger partial charge on any atom is 0.330 e. The summed E-state index contributed by atoms with van der Waals surface area (Å²) in [6.45, 7) is 7.47. The van der Waals surface area contributed by atoms with Gasteiger partial charge in [-0.2, -0.15) is 4.98 Å². The van der Waals surface area contributed by atoms with Crippen LogP contribution < -0.4 is 15.0 Å². The summed E-state index contributed by atoms with van der Waals surface area (Å²) in [7, 11) is 1.55. The molecule has 2 rings (SSSR count). The highest BCUT2D eigenvalue weighted by molar-refractivity contribution is 5.80. The molecule has 2 heterocycles. The molecule has 1 N–H and O–H groups in total. The van der Waals surface area contributed by atoms with E-state index in [-0.39, 0.29) is 5.97 Å². The lowest BCUT2D eigenvalue weighted by atomic mass is 10.1. The van der Waals surface area contributed by atoms with Crippen LogP contribution in [0.2, 0.25) is 0 Å². The molecule has 116 valence electrons. The van der Waals surface area contributed by atoms with E-state index in [0.29, 0.717) is 24.9 Å². The third kappa shape index (κ3) is 4.04. The minimum atomic E-state index is -0.518. The number of piperazine rings is 1. The standard InChI is InChI=1S/C14H22N4O3/c1-14(2,3)21-12(19)10-9-15-7-8-18(10)13-16-6-5-11(17-13)20-4/h5-6,10,15H,7-9H2,1-4H3. The maximum absolute atomic E-state index is 12.4. The number of aromatic nitrogens is 2. The van der Waals surface area contributed by atoms with Crippen molar-refractivity contribution in [2.45, 2.75) is 32.4 Å². The van der Waals surface area contributed by atoms with Gasteiger partial charge in [0.1, 0.15) is 11.6 Å². The molecular weight excluding hydrogens is 272 g/mol. The van der Waals surface area contributed by atoms with Crippen molar-refractivity contribution in [1.29, 1.82) is 0 Å². The molecule has 7 heteroatoms. The van der Waals surface area contributed by atoms with Crippen LogP contribution >= 0.6 is 0 Å². The van der Waals surface area contributed by atoms with E-state index in [9.17, 15) is 4.79 Å². The summed E-state index contributed by atoms with van der Waals surface area (Å²) in [6, 6.07) is 1.24. The number of hydrogen-bond donors (Lipinski definition) is 1. The summed E-state index contributed by atoms with van der Waals surface area (Å²) < 4.78 is 10.6. The molecule has 21 heavy (non-hydrogen) atoms. The number of hydrogen-bond acceptors (Lipinski definition) is 7. The highest BCUT2D eigenvalue weighted by Crippen LogP contribution is 2.19. The Morgan fingerprint density at radius 1 is 1.48 bits per heavy atom. The van der Waals surface area contributed by atoms with Gasteiger partial charge in [0.05, 0.1) is 7.11 Å². The summed E-state index contributed by atoms with van der Waals surface area (Å²) in [5.41, 5.74) is -0.518. The van der Waals surface area contributed by atoms with Gasteiger partial charge in [-0.15, -0.1) is 0 Å². The van der Waals surface area contributed by atoms with Crippen LogP contribution in [0.25, 0.3) is 0 Å². The highest BCUT2D eigenvalue weighted by Gasteiger charge is 2.34. The highest BCUT2D eigenvalue weighted by atomic mass is 16.6. The molecule has 1 aliphatic heterocycles. The van der Waals surface area contributed by atoms with E-state index in [1.165, 1.54) is 0 Å². The normalized spacial score (nSPS) is 19.2. The van der Waals surface area contributed by atoms with Crippen molar-refractivity contribution in [2.75, 3.05) is 31.6 Å². The third-order valence-corrected chi connectivity index (χ3v) is 3.01. The number of carbonyl (C=O) groups is 1. The van der Waals surface area contributed by atoms with Crippen LogP contribution in [0.4, 0.5) is 5.95 Å². The van der Waals surface area contributed by atoms with Gasteiger partial charge in [0, 0.05) is 31.9 Å². The SMILES string of the molecule is COc1ccnc(N2CCNCC2C(=O)OC(C)(C)C)n1. The van der Waals surface area contributed by atoms with E-state index in [4.69, 9.17) is 9.47 Å². The largest absolute Gasteiger partial charge is 0.481 e. The summed E-state index contributed by atoms with van der Waals surface area (Å²) in [5.74, 6) is 0.675. The monoisotopic (exact) mass is 294 g/mol. The molecule has 0 saturated carbocycles. The van der Waals surface area contributed by atoms with E-state index >= 15 is 0 Å². The number of rotatable bonds is 3. The van der Waals surface area contributed by atoms with Crippen LogP contribution in [-0.2, 0) is 9.53 Å². The first-order valence-corrected chi connectivity index (χ1v) is 6.98. The molecule has 7 nitrogen and oxygen atoms in total. The molecule has 0 bridgehead atoms. The fourth-order valence-corrected chi connectivity index (χ4v) is 2.11. The summed E-state index contributed by atoms with van der Waals surface area (Å²) in [4.78, 5) is 22.8. The Morgan fingerprint density at radius 3 is 2.90 bits per heavy atom. The first-order valence-electron chi connectivity index (χ1n) is 6.98. The van der Waals surface area contributed by atoms with Gasteiger partial charge >= 0.3 is 5.97 Å². The van der Waals surface area contributed by atoms with Crippen molar-refractivity contribution >= 4 is 11.9 Å². The van der Waals surface area contributed by atoms with Crippen LogP contribution in [0.1, 0.15) is 20.8 Å². The van der Waals surface area contributed by atoms with Crippen LogP contribution in [0.5, 0.6) is 5.88 Å². The minimum absolute atomic E-state index is 0.277. The second-order valence-corrected chi connectivity index (χ2v) is 5.85. The van der Waals surface area contributed by atoms with Gasteiger partial charge in [-0.3, -0.25) is 0 Å². The van der Waals surface area contributed by atoms with Gasteiger partial charge < -0.3 is 19.7 Å². The zero-order valence-corrected chi connectivity index (χ0v) is 12.9. The maximum atomic E-state index is 12.4. The molecule has 1 aliphatic rings. The van der Waals surface area contributed by atoms with Crippen molar-refractivity contribution in [3.63, 3.8) is 0 Å². The number of nitrogens with one attached hydrogen (secondary N) is 1. The summed E-state index contributed by atoms with van der Waals surface area (Å²) in [5, 5.41) is 3.20. The quantitative estimate of drug-likeness (QED) is 0.818. The Morgan fingerprint density at radius 2 is 2.24 bits per heavy atom. The predicted molar refractivity (Wildman–Crippen MR) is 78.4 cm³/mol. The van der Waals surface area contributed by atoms with Gasteiger partial charge in [0.2, 0.25) is 11.8 Å². The first-order chi connectivity index (χ1) is 9.90. The van der Waals surface area contributed by atoms with Crippen LogP contribution in [0.15, 0.2) is 12.3 Å². The van der Waals surface area contributed by atoms with Gasteiger partial charge in [0.15, 0.2) is 0 Å². The number of ether oxygens (including phenoxy) is 2. The lowest BCUT2D eigenvalue weighted by Gasteiger charge is -2.36. The Balaban J connectivity index is 2.20. The molecule has 1 unspecified atom stereocenters. The first kappa shape index (κ1) is 15.5. The fraction of sp³-hybridized carbons (Fsp3) is 0.643. The Hall–Kier alpha value is -1.89. The number of esters is 1. The molecule has 1 aromatic rings. The Bertz CT molecular complexity index is 501. The topological polar surface area (TPSA) is 76.6 Å². The van der Waals surface area contributed by atoms with Gasteiger partial charge in [0.25, 0.3) is 0 Å². The van der Waals surface area contributed by atoms with Crippen LogP contribution in [0, 0.1) is 0 Å². The van der Waals surface area contributed by atoms with E-state index in [2.05, 4.69) is 15.3 Å². The molecule has 0 amide bonds. The van der Waals surface area contributed by atoms with Gasteiger partial charge in [-0.05, 0) is 20.8 Å². The van der Waals surface area contributed by atoms with E-state index in [1.807, 2.05) is 25.7 Å². The van der Waals surface area contributed by atoms with Gasteiger partial charge in [-0.1, -0.05) is 0 Å². The van der Waals surface area contributed by atoms with Crippen molar-refractivity contribution in [1.82, 2.24) is 15.3 Å². The molecule has 0 radical (unpaired) electrons. The Kier molecular flexibility index (Phi) is 4.62. The second-order valence-electron chi connectivity index (χ2n) is 5.85. The van der Waals surface area contributed by atoms with Crippen LogP contribution in [-0.4, -0.2) is 54.3 Å². The molecule has 1 fully saturated rings. The van der Waals surface area contributed by atoms with Crippen molar-refractivity contribution in [3.05, 3.63) is 12.3 Å². The number of methoxy groups -OCH3 is 1. The lowest BCUT2D eigenvalue weighted by molar-refractivity contribution is -0.156. The summed E-state index contributed by atoms with van der Waals surface area (Å²) in [6.07, 6.45) is 1.62. The van der Waals surface area contributed by atoms with Crippen molar-refractivity contribution < 1.29 is 14.3 Å². The molecular formula is C14H22N4O3. The predicted octanol–water partition coefficient (Wildman–Crippen LogP) is 0.605. The lowest BCUT2D eigenvalue weighted by Crippen LogP contribution is -2.57. The smallest absolute Gasteiger partial charge is 0.330 e. The van der Waals surface area contributed by atoms with E-state index < -0.39 is 11.6 Å². The van der Waals surface area contributed by atoms with Gasteiger partial charge in [-0.25, -0.2) is 9.78 Å². The zero-order chi connectivity index (χ0) is 15.5. The number of carbonyl (C=O) groups excluding carboxylic acids is 1.